The van der Waals surface area contributed by atoms with Crippen LogP contribution in [-0.4, -0.2) is 122 Å². The molecule has 0 radical (unpaired) electrons. The highest BCUT2D eigenvalue weighted by atomic mass is 16.6. The smallest absolute Gasteiger partial charge is 0.411 e. The van der Waals surface area contributed by atoms with Crippen molar-refractivity contribution in [2.45, 2.75) is 96.0 Å². The van der Waals surface area contributed by atoms with Crippen molar-refractivity contribution in [2.24, 2.45) is 5.73 Å². The first-order chi connectivity index (χ1) is 22.3. The summed E-state index contributed by atoms with van der Waals surface area (Å²) >= 11 is 0. The number of likely N-dealkylation sites (N-methyl/N-ethyl adjacent to an activating group) is 1. The number of aldehydes is 2. The van der Waals surface area contributed by atoms with Gasteiger partial charge in [0.15, 0.2) is 0 Å². The van der Waals surface area contributed by atoms with Crippen LogP contribution in [0.25, 0.3) is 0 Å². The highest BCUT2D eigenvalue weighted by molar-refractivity contribution is 6.03. The number of nitrogens with one attached hydrogen (secondary N) is 2. The molecular weight excluding hydrogens is 604 g/mol. The fraction of sp³-hybridized carbons (Fsp3) is 0.676. The molecule has 1 saturated heterocycles. The molecule has 1 aliphatic heterocycles. The van der Waals surface area contributed by atoms with Gasteiger partial charge in [-0.05, 0) is 79.1 Å². The van der Waals surface area contributed by atoms with Gasteiger partial charge in [0.25, 0.3) is 0 Å². The topological polar surface area (TPSA) is 164 Å². The Morgan fingerprint density at radius 3 is 2.34 bits per heavy atom. The number of carbonyl (C=O) groups is 5. The summed E-state index contributed by atoms with van der Waals surface area (Å²) in [6.45, 7) is 11.4. The molecule has 0 bridgehead atoms. The number of likely N-dealkylation sites (tertiary alicyclic amines) is 1. The van der Waals surface area contributed by atoms with Crippen LogP contribution in [0.5, 0.6) is 0 Å². The molecule has 1 aromatic rings. The zero-order valence-electron chi connectivity index (χ0n) is 29.1. The normalized spacial score (nSPS) is 16.7. The van der Waals surface area contributed by atoms with Crippen LogP contribution in [0, 0.1) is 0 Å². The monoisotopic (exact) mass is 660 g/mol. The van der Waals surface area contributed by atoms with Crippen LogP contribution in [-0.2, 0) is 30.4 Å². The Hall–Kier alpha value is -3.39. The lowest BCUT2D eigenvalue weighted by atomic mass is 10.0. The van der Waals surface area contributed by atoms with E-state index in [9.17, 15) is 19.2 Å². The van der Waals surface area contributed by atoms with Gasteiger partial charge < -0.3 is 35.5 Å². The van der Waals surface area contributed by atoms with Gasteiger partial charge in [0, 0.05) is 49.5 Å². The molecule has 1 aliphatic carbocycles. The van der Waals surface area contributed by atoms with E-state index in [2.05, 4.69) is 15.5 Å². The number of piperidine rings is 1. The number of carbonyl (C=O) groups excluding carboxylic acids is 5. The quantitative estimate of drug-likeness (QED) is 0.167. The molecule has 4 N–H and O–H groups in total. The minimum atomic E-state index is -1.08. The summed E-state index contributed by atoms with van der Waals surface area (Å²) < 4.78 is 11.6. The van der Waals surface area contributed by atoms with Crippen molar-refractivity contribution in [2.75, 3.05) is 58.8 Å². The highest BCUT2D eigenvalue weighted by Crippen LogP contribution is 2.44. The fourth-order valence-electron chi connectivity index (χ4n) is 5.47. The molecule has 264 valence electrons. The number of hydrogen-bond acceptors (Lipinski definition) is 10. The second-order valence-corrected chi connectivity index (χ2v) is 13.2. The van der Waals surface area contributed by atoms with Gasteiger partial charge in [-0.2, -0.15) is 0 Å². The summed E-state index contributed by atoms with van der Waals surface area (Å²) in [5, 5.41) is 5.26. The van der Waals surface area contributed by atoms with Crippen molar-refractivity contribution in [1.82, 2.24) is 20.0 Å². The van der Waals surface area contributed by atoms with E-state index in [1.807, 2.05) is 18.9 Å². The van der Waals surface area contributed by atoms with E-state index in [4.69, 9.17) is 20.0 Å². The molecule has 1 heterocycles. The van der Waals surface area contributed by atoms with E-state index in [-0.39, 0.29) is 31.1 Å². The van der Waals surface area contributed by atoms with E-state index in [1.165, 1.54) is 4.90 Å². The number of ether oxygens (including phenoxy) is 2. The molecule has 1 aromatic carbocycles. The first kappa shape index (κ1) is 39.8. The summed E-state index contributed by atoms with van der Waals surface area (Å²) in [7, 11) is 3.39. The number of anilines is 1. The third-order valence-electron chi connectivity index (χ3n) is 8.34. The van der Waals surface area contributed by atoms with Gasteiger partial charge >= 0.3 is 6.09 Å². The van der Waals surface area contributed by atoms with Crippen LogP contribution in [0.1, 0.15) is 82.1 Å². The summed E-state index contributed by atoms with van der Waals surface area (Å²) in [4.78, 5) is 65.7. The molecule has 0 spiro atoms. The van der Waals surface area contributed by atoms with Crippen LogP contribution < -0.4 is 16.4 Å². The van der Waals surface area contributed by atoms with Crippen LogP contribution in [0.4, 0.5) is 10.5 Å². The molecule has 13 nitrogen and oxygen atoms in total. The number of benzene rings is 1. The van der Waals surface area contributed by atoms with E-state index < -0.39 is 17.2 Å². The summed E-state index contributed by atoms with van der Waals surface area (Å²) in [5.74, 6) is -0.338. The Morgan fingerprint density at radius 1 is 1.15 bits per heavy atom. The Labute approximate surface area is 279 Å². The molecule has 3 amide bonds. The highest BCUT2D eigenvalue weighted by Gasteiger charge is 2.57. The van der Waals surface area contributed by atoms with E-state index in [0.717, 1.165) is 51.5 Å². The second-order valence-electron chi connectivity index (χ2n) is 13.2. The SMILES string of the molecule is CCCC(C=O)N(C)Cc1c(C=O)cccc1NC(=O)C1(N(CCOCCN2CCC(N)CC2)C(=O)OC(C)(C)C)CC1.CNC=O. The van der Waals surface area contributed by atoms with Gasteiger partial charge in [-0.15, -0.1) is 0 Å². The molecule has 1 saturated carbocycles. The van der Waals surface area contributed by atoms with Crippen molar-refractivity contribution in [3.05, 3.63) is 29.3 Å². The lowest BCUT2D eigenvalue weighted by molar-refractivity contribution is -0.123. The van der Waals surface area contributed by atoms with E-state index >= 15 is 0 Å². The minimum Gasteiger partial charge on any atom is -0.444 e. The fourth-order valence-corrected chi connectivity index (χ4v) is 5.47. The maximum atomic E-state index is 13.9. The average molecular weight is 661 g/mol. The Balaban J connectivity index is 0.00000181. The second kappa shape index (κ2) is 19.4. The average Bonchev–Trinajstić information content (AvgIpc) is 3.84. The van der Waals surface area contributed by atoms with Crippen LogP contribution in [0.3, 0.4) is 0 Å². The molecule has 3 rings (SSSR count). The number of amides is 3. The summed E-state index contributed by atoms with van der Waals surface area (Å²) in [6, 6.07) is 5.11. The number of hydrogen-bond donors (Lipinski definition) is 3. The van der Waals surface area contributed by atoms with Gasteiger partial charge in [0.2, 0.25) is 12.3 Å². The standard InChI is InChI=1S/C32H51N5O6.C2H5NO/c1-6-8-26(23-39)35(5)21-27-24(22-38)9-7-10-28(27)34-29(40)32(13-14-32)37(30(41)43-31(2,3)4)18-20-42-19-17-36-15-11-25(33)12-16-36;1-3-2-4/h7,9-10,22-23,25-26H,6,8,11-21,33H2,1-5H3,(H,34,40);2H,1H3,(H,3,4). The molecule has 1 atom stereocenters. The molecule has 47 heavy (non-hydrogen) atoms. The predicted octanol–water partition coefficient (Wildman–Crippen LogP) is 2.81. The van der Waals surface area contributed by atoms with Crippen LogP contribution in [0.2, 0.25) is 0 Å². The number of nitrogens with zero attached hydrogens (tertiary/aromatic N) is 3. The molecule has 1 unspecified atom stereocenters. The van der Waals surface area contributed by atoms with E-state index in [0.29, 0.717) is 55.6 Å². The maximum absolute atomic E-state index is 13.9. The van der Waals surface area contributed by atoms with Gasteiger partial charge in [0.1, 0.15) is 23.7 Å². The zero-order valence-corrected chi connectivity index (χ0v) is 29.1. The van der Waals surface area contributed by atoms with Crippen molar-refractivity contribution < 1.29 is 33.4 Å². The minimum absolute atomic E-state index is 0.204. The van der Waals surface area contributed by atoms with Crippen molar-refractivity contribution >= 4 is 36.7 Å². The van der Waals surface area contributed by atoms with Crippen LogP contribution >= 0.6 is 0 Å². The van der Waals surface area contributed by atoms with Crippen molar-refractivity contribution in [3.8, 4) is 0 Å². The Morgan fingerprint density at radius 2 is 1.81 bits per heavy atom. The first-order valence-electron chi connectivity index (χ1n) is 16.6. The van der Waals surface area contributed by atoms with Gasteiger partial charge in [-0.25, -0.2) is 4.79 Å². The molecule has 2 fully saturated rings. The number of rotatable bonds is 17. The van der Waals surface area contributed by atoms with Crippen molar-refractivity contribution in [1.29, 1.82) is 0 Å². The molecule has 13 heteroatoms. The van der Waals surface area contributed by atoms with Crippen LogP contribution in [0.15, 0.2) is 18.2 Å². The Bertz CT molecular complexity index is 1160. The predicted molar refractivity (Wildman–Crippen MR) is 181 cm³/mol. The van der Waals surface area contributed by atoms with Gasteiger partial charge in [-0.3, -0.25) is 24.2 Å². The third kappa shape index (κ3) is 12.6. The summed E-state index contributed by atoms with van der Waals surface area (Å²) in [5.41, 5.74) is 5.72. The third-order valence-corrected chi connectivity index (χ3v) is 8.34. The largest absolute Gasteiger partial charge is 0.444 e. The maximum Gasteiger partial charge on any atom is 0.411 e. The number of nitrogens with two attached hydrogens (primary N) is 1. The zero-order chi connectivity index (χ0) is 35.0. The lowest BCUT2D eigenvalue weighted by Crippen LogP contribution is -2.52. The Kier molecular flexibility index (Phi) is 16.5. The molecular formula is C34H56N6O7. The molecule has 2 aliphatic rings. The van der Waals surface area contributed by atoms with Gasteiger partial charge in [0.05, 0.1) is 19.3 Å². The van der Waals surface area contributed by atoms with Gasteiger partial charge in [-0.1, -0.05) is 25.5 Å². The first-order valence-corrected chi connectivity index (χ1v) is 16.6. The van der Waals surface area contributed by atoms with E-state index in [1.54, 1.807) is 46.0 Å². The lowest BCUT2D eigenvalue weighted by Gasteiger charge is -2.33. The van der Waals surface area contributed by atoms with Crippen molar-refractivity contribution in [3.63, 3.8) is 0 Å². The molecule has 0 aromatic heterocycles. The summed E-state index contributed by atoms with van der Waals surface area (Å²) in [6.07, 6.45) is 6.18.